The Morgan fingerprint density at radius 2 is 2.00 bits per heavy atom. The molecule has 0 saturated heterocycles. The lowest BCUT2D eigenvalue weighted by atomic mass is 10.3. The van der Waals surface area contributed by atoms with Crippen LogP contribution in [-0.4, -0.2) is 32.5 Å². The average Bonchev–Trinajstić information content (AvgIpc) is 2.01. The molecule has 1 atom stereocenters. The van der Waals surface area contributed by atoms with Crippen molar-refractivity contribution in [1.29, 1.82) is 0 Å². The highest BCUT2D eigenvalue weighted by Crippen LogP contribution is 2.19. The van der Waals surface area contributed by atoms with Crippen molar-refractivity contribution in [3.05, 3.63) is 0 Å². The van der Waals surface area contributed by atoms with Crippen molar-refractivity contribution >= 4 is 0 Å². The molecule has 1 unspecified atom stereocenters. The zero-order chi connectivity index (χ0) is 10.3. The Morgan fingerprint density at radius 3 is 2.38 bits per heavy atom. The molecule has 0 aromatic carbocycles. The molecule has 0 aliphatic carbocycles. The lowest BCUT2D eigenvalue weighted by Gasteiger charge is -2.16. The van der Waals surface area contributed by atoms with E-state index in [2.05, 4.69) is 5.32 Å². The molecule has 0 fully saturated rings. The van der Waals surface area contributed by atoms with E-state index in [0.717, 1.165) is 6.42 Å². The Hall–Kier alpha value is -0.290. The van der Waals surface area contributed by atoms with Crippen LogP contribution in [0.3, 0.4) is 0 Å². The lowest BCUT2D eigenvalue weighted by Crippen LogP contribution is -2.27. The summed E-state index contributed by atoms with van der Waals surface area (Å²) in [5.74, 6) is 0. The normalized spacial score (nSPS) is 14.5. The SMILES string of the molecule is CCC(CNC)OCCC(F)(F)F. The van der Waals surface area contributed by atoms with E-state index in [-0.39, 0.29) is 12.7 Å². The van der Waals surface area contributed by atoms with E-state index in [4.69, 9.17) is 4.74 Å². The van der Waals surface area contributed by atoms with Gasteiger partial charge < -0.3 is 10.1 Å². The quantitative estimate of drug-likeness (QED) is 0.706. The summed E-state index contributed by atoms with van der Waals surface area (Å²) in [4.78, 5) is 0. The van der Waals surface area contributed by atoms with Crippen LogP contribution < -0.4 is 5.32 Å². The maximum absolute atomic E-state index is 11.7. The Bertz CT molecular complexity index is 127. The van der Waals surface area contributed by atoms with Gasteiger partial charge in [0.05, 0.1) is 19.1 Å². The van der Waals surface area contributed by atoms with Gasteiger partial charge in [-0.3, -0.25) is 0 Å². The van der Waals surface area contributed by atoms with Crippen LogP contribution in [0, 0.1) is 0 Å². The Morgan fingerprint density at radius 1 is 1.38 bits per heavy atom. The van der Waals surface area contributed by atoms with Gasteiger partial charge in [-0.1, -0.05) is 6.92 Å². The van der Waals surface area contributed by atoms with E-state index in [1.807, 2.05) is 6.92 Å². The first-order valence-corrected chi connectivity index (χ1v) is 4.32. The van der Waals surface area contributed by atoms with Crippen molar-refractivity contribution in [2.45, 2.75) is 32.0 Å². The molecule has 0 aliphatic rings. The van der Waals surface area contributed by atoms with E-state index in [0.29, 0.717) is 6.54 Å². The molecular formula is C8H16F3NO. The largest absolute Gasteiger partial charge is 0.391 e. The molecule has 0 radical (unpaired) electrons. The van der Waals surface area contributed by atoms with Crippen LogP contribution in [0.4, 0.5) is 13.2 Å². The molecule has 0 amide bonds. The Balaban J connectivity index is 3.49. The number of hydrogen-bond acceptors (Lipinski definition) is 2. The predicted octanol–water partition coefficient (Wildman–Crippen LogP) is 1.95. The summed E-state index contributed by atoms with van der Waals surface area (Å²) in [5.41, 5.74) is 0. The summed E-state index contributed by atoms with van der Waals surface area (Å²) in [6.07, 6.45) is -4.38. The molecule has 0 saturated carbocycles. The molecule has 5 heteroatoms. The molecule has 0 rings (SSSR count). The predicted molar refractivity (Wildman–Crippen MR) is 44.6 cm³/mol. The third-order valence-corrected chi connectivity index (χ3v) is 1.63. The fourth-order valence-electron chi connectivity index (χ4n) is 0.890. The van der Waals surface area contributed by atoms with Gasteiger partial charge in [-0.15, -0.1) is 0 Å². The Labute approximate surface area is 76.5 Å². The van der Waals surface area contributed by atoms with Gasteiger partial charge in [0.15, 0.2) is 0 Å². The van der Waals surface area contributed by atoms with Gasteiger partial charge in [0, 0.05) is 6.54 Å². The summed E-state index contributed by atoms with van der Waals surface area (Å²) in [7, 11) is 1.75. The summed E-state index contributed by atoms with van der Waals surface area (Å²) in [6, 6.07) is 0. The van der Waals surface area contributed by atoms with Gasteiger partial charge in [0.1, 0.15) is 0 Å². The standard InChI is InChI=1S/C8H16F3NO/c1-3-7(6-12-2)13-5-4-8(9,10)11/h7,12H,3-6H2,1-2H3. The van der Waals surface area contributed by atoms with Crippen molar-refractivity contribution in [1.82, 2.24) is 5.32 Å². The summed E-state index contributed by atoms with van der Waals surface area (Å²) >= 11 is 0. The first kappa shape index (κ1) is 12.7. The minimum absolute atomic E-state index is 0.118. The first-order valence-electron chi connectivity index (χ1n) is 4.32. The fraction of sp³-hybridized carbons (Fsp3) is 1.00. The third-order valence-electron chi connectivity index (χ3n) is 1.63. The zero-order valence-electron chi connectivity index (χ0n) is 7.95. The zero-order valence-corrected chi connectivity index (χ0v) is 7.95. The van der Waals surface area contributed by atoms with Gasteiger partial charge in [-0.05, 0) is 13.5 Å². The molecule has 2 nitrogen and oxygen atoms in total. The number of rotatable bonds is 6. The third kappa shape index (κ3) is 8.05. The molecule has 1 N–H and O–H groups in total. The van der Waals surface area contributed by atoms with Gasteiger partial charge in [-0.2, -0.15) is 13.2 Å². The van der Waals surface area contributed by atoms with Crippen LogP contribution in [0.5, 0.6) is 0 Å². The van der Waals surface area contributed by atoms with Gasteiger partial charge in [-0.25, -0.2) is 0 Å². The lowest BCUT2D eigenvalue weighted by molar-refractivity contribution is -0.148. The Kier molecular flexibility index (Phi) is 6.07. The second-order valence-corrected chi connectivity index (χ2v) is 2.82. The minimum atomic E-state index is -4.11. The highest BCUT2D eigenvalue weighted by molar-refractivity contribution is 4.58. The number of ether oxygens (including phenoxy) is 1. The first-order chi connectivity index (χ1) is 5.99. The molecule has 0 bridgehead atoms. The van der Waals surface area contributed by atoms with Crippen LogP contribution in [-0.2, 0) is 4.74 Å². The van der Waals surface area contributed by atoms with Crippen LogP contribution in [0.1, 0.15) is 19.8 Å². The summed E-state index contributed by atoms with van der Waals surface area (Å²) < 4.78 is 40.1. The molecular weight excluding hydrogens is 183 g/mol. The van der Waals surface area contributed by atoms with Gasteiger partial charge in [0.2, 0.25) is 0 Å². The average molecular weight is 199 g/mol. The van der Waals surface area contributed by atoms with E-state index < -0.39 is 12.6 Å². The molecule has 0 aromatic rings. The molecule has 0 aliphatic heterocycles. The maximum Gasteiger partial charge on any atom is 0.391 e. The van der Waals surface area contributed by atoms with Crippen molar-refractivity contribution in [2.24, 2.45) is 0 Å². The number of nitrogens with one attached hydrogen (secondary N) is 1. The highest BCUT2D eigenvalue weighted by Gasteiger charge is 2.26. The van der Waals surface area contributed by atoms with Crippen LogP contribution in [0.15, 0.2) is 0 Å². The molecule has 0 spiro atoms. The second-order valence-electron chi connectivity index (χ2n) is 2.82. The van der Waals surface area contributed by atoms with Crippen molar-refractivity contribution in [3.8, 4) is 0 Å². The number of alkyl halides is 3. The fourth-order valence-corrected chi connectivity index (χ4v) is 0.890. The second kappa shape index (κ2) is 6.21. The van der Waals surface area contributed by atoms with Crippen LogP contribution in [0.2, 0.25) is 0 Å². The van der Waals surface area contributed by atoms with Crippen molar-refractivity contribution in [3.63, 3.8) is 0 Å². The molecule has 0 heterocycles. The van der Waals surface area contributed by atoms with Crippen molar-refractivity contribution < 1.29 is 17.9 Å². The van der Waals surface area contributed by atoms with Gasteiger partial charge >= 0.3 is 6.18 Å². The van der Waals surface area contributed by atoms with E-state index in [9.17, 15) is 13.2 Å². The van der Waals surface area contributed by atoms with Crippen LogP contribution in [0.25, 0.3) is 0 Å². The molecule has 0 aromatic heterocycles. The molecule has 80 valence electrons. The highest BCUT2D eigenvalue weighted by atomic mass is 19.4. The smallest absolute Gasteiger partial charge is 0.377 e. The summed E-state index contributed by atoms with van der Waals surface area (Å²) in [6.45, 7) is 2.23. The monoisotopic (exact) mass is 199 g/mol. The van der Waals surface area contributed by atoms with E-state index in [1.165, 1.54) is 0 Å². The maximum atomic E-state index is 11.7. The van der Waals surface area contributed by atoms with Crippen molar-refractivity contribution in [2.75, 3.05) is 20.2 Å². The number of halogens is 3. The number of hydrogen-bond donors (Lipinski definition) is 1. The minimum Gasteiger partial charge on any atom is -0.377 e. The summed E-state index contributed by atoms with van der Waals surface area (Å²) in [5, 5.41) is 2.86. The number of likely N-dealkylation sites (N-methyl/N-ethyl adjacent to an activating group) is 1. The van der Waals surface area contributed by atoms with E-state index in [1.54, 1.807) is 7.05 Å². The van der Waals surface area contributed by atoms with E-state index >= 15 is 0 Å². The molecule has 13 heavy (non-hydrogen) atoms. The topological polar surface area (TPSA) is 21.3 Å². The van der Waals surface area contributed by atoms with Gasteiger partial charge in [0.25, 0.3) is 0 Å². The van der Waals surface area contributed by atoms with Crippen LogP contribution >= 0.6 is 0 Å².